The van der Waals surface area contributed by atoms with Crippen LogP contribution in [0, 0.1) is 11.6 Å². The van der Waals surface area contributed by atoms with Crippen LogP contribution in [0.15, 0.2) is 45.9 Å². The van der Waals surface area contributed by atoms with Gasteiger partial charge in [0.2, 0.25) is 15.9 Å². The Hall–Kier alpha value is -2.26. The van der Waals surface area contributed by atoms with E-state index in [-0.39, 0.29) is 38.5 Å². The first-order chi connectivity index (χ1) is 12.4. The lowest BCUT2D eigenvalue weighted by Crippen LogP contribution is -2.50. The number of carbonyl (C=O) groups excluding carboxylic acids is 1. The largest absolute Gasteiger partial charge is 0.469 e. The highest BCUT2D eigenvalue weighted by atomic mass is 32.2. The molecule has 0 radical (unpaired) electrons. The Morgan fingerprint density at radius 2 is 1.69 bits per heavy atom. The van der Waals surface area contributed by atoms with Crippen LogP contribution in [0.4, 0.5) is 8.78 Å². The number of sulfonamides is 1. The summed E-state index contributed by atoms with van der Waals surface area (Å²) < 4.78 is 58.9. The van der Waals surface area contributed by atoms with Crippen LogP contribution >= 0.6 is 0 Å². The van der Waals surface area contributed by atoms with Crippen LogP contribution in [0.3, 0.4) is 0 Å². The van der Waals surface area contributed by atoms with Crippen molar-refractivity contribution in [1.29, 1.82) is 0 Å². The molecule has 0 saturated carbocycles. The standard InChI is InChI=1S/C17H18F2N2O4S/c18-14-4-1-5-15(19)17(14)26(23,24)21-10-8-20(9-11-21)16(22)7-6-13-3-2-12-25-13/h1-5,12H,6-11H2. The fourth-order valence-corrected chi connectivity index (χ4v) is 4.41. The molecule has 1 aromatic heterocycles. The Morgan fingerprint density at radius 3 is 2.27 bits per heavy atom. The first-order valence-electron chi connectivity index (χ1n) is 8.14. The fourth-order valence-electron chi connectivity index (χ4n) is 2.88. The number of rotatable bonds is 5. The minimum absolute atomic E-state index is 0.0113. The van der Waals surface area contributed by atoms with E-state index in [1.165, 1.54) is 6.26 Å². The quantitative estimate of drug-likeness (QED) is 0.791. The van der Waals surface area contributed by atoms with Gasteiger partial charge in [-0.05, 0) is 24.3 Å². The van der Waals surface area contributed by atoms with Crippen LogP contribution in [-0.2, 0) is 21.2 Å². The number of hydrogen-bond donors (Lipinski definition) is 0. The number of nitrogens with zero attached hydrogens (tertiary/aromatic N) is 2. The number of hydrogen-bond acceptors (Lipinski definition) is 4. The molecule has 1 aliphatic rings. The summed E-state index contributed by atoms with van der Waals surface area (Å²) >= 11 is 0. The zero-order valence-corrected chi connectivity index (χ0v) is 14.7. The van der Waals surface area contributed by atoms with Gasteiger partial charge in [0.25, 0.3) is 0 Å². The van der Waals surface area contributed by atoms with Crippen molar-refractivity contribution in [2.75, 3.05) is 26.2 Å². The molecule has 1 fully saturated rings. The van der Waals surface area contributed by atoms with Crippen LogP contribution in [-0.4, -0.2) is 49.7 Å². The molecule has 1 amide bonds. The molecule has 1 aliphatic heterocycles. The van der Waals surface area contributed by atoms with Gasteiger partial charge in [0, 0.05) is 39.0 Å². The predicted molar refractivity (Wildman–Crippen MR) is 88.7 cm³/mol. The molecule has 2 heterocycles. The average Bonchev–Trinajstić information content (AvgIpc) is 3.13. The summed E-state index contributed by atoms with van der Waals surface area (Å²) in [5.41, 5.74) is 0. The van der Waals surface area contributed by atoms with Gasteiger partial charge < -0.3 is 9.32 Å². The lowest BCUT2D eigenvalue weighted by molar-refractivity contribution is -0.132. The molecule has 140 valence electrons. The van der Waals surface area contributed by atoms with E-state index >= 15 is 0 Å². The van der Waals surface area contributed by atoms with Crippen LogP contribution < -0.4 is 0 Å². The highest BCUT2D eigenvalue weighted by Crippen LogP contribution is 2.23. The van der Waals surface area contributed by atoms with Gasteiger partial charge >= 0.3 is 0 Å². The number of carbonyl (C=O) groups is 1. The Balaban J connectivity index is 1.62. The highest BCUT2D eigenvalue weighted by Gasteiger charge is 2.33. The van der Waals surface area contributed by atoms with Crippen molar-refractivity contribution in [3.63, 3.8) is 0 Å². The van der Waals surface area contributed by atoms with Crippen LogP contribution in [0.5, 0.6) is 0 Å². The van der Waals surface area contributed by atoms with Gasteiger partial charge in [-0.2, -0.15) is 4.31 Å². The summed E-state index contributed by atoms with van der Waals surface area (Å²) in [6.45, 7) is 0.323. The van der Waals surface area contributed by atoms with Crippen molar-refractivity contribution >= 4 is 15.9 Å². The smallest absolute Gasteiger partial charge is 0.249 e. The van der Waals surface area contributed by atoms with Crippen molar-refractivity contribution < 1.29 is 26.4 Å². The zero-order valence-electron chi connectivity index (χ0n) is 13.9. The Bertz CT molecular complexity index is 856. The molecule has 3 rings (SSSR count). The molecule has 0 aliphatic carbocycles. The molecule has 1 saturated heterocycles. The van der Waals surface area contributed by atoms with Gasteiger partial charge in [-0.1, -0.05) is 6.07 Å². The fraction of sp³-hybridized carbons (Fsp3) is 0.353. The van der Waals surface area contributed by atoms with Gasteiger partial charge in [-0.3, -0.25) is 4.79 Å². The van der Waals surface area contributed by atoms with E-state index in [2.05, 4.69) is 0 Å². The normalized spacial score (nSPS) is 16.0. The molecule has 0 N–H and O–H groups in total. The molecule has 0 bridgehead atoms. The van der Waals surface area contributed by atoms with Gasteiger partial charge in [-0.25, -0.2) is 17.2 Å². The number of benzene rings is 1. The summed E-state index contributed by atoms with van der Waals surface area (Å²) in [7, 11) is -4.29. The summed E-state index contributed by atoms with van der Waals surface area (Å²) in [6.07, 6.45) is 2.25. The number of amides is 1. The Labute approximate surface area is 150 Å². The zero-order chi connectivity index (χ0) is 18.7. The van der Waals surface area contributed by atoms with Crippen LogP contribution in [0.1, 0.15) is 12.2 Å². The van der Waals surface area contributed by atoms with E-state index in [1.807, 2.05) is 0 Å². The summed E-state index contributed by atoms with van der Waals surface area (Å²) in [4.78, 5) is 12.8. The van der Waals surface area contributed by atoms with Crippen molar-refractivity contribution in [2.24, 2.45) is 0 Å². The van der Waals surface area contributed by atoms with Crippen molar-refractivity contribution in [1.82, 2.24) is 9.21 Å². The van der Waals surface area contributed by atoms with Gasteiger partial charge in [0.05, 0.1) is 6.26 Å². The monoisotopic (exact) mass is 384 g/mol. The number of aryl methyl sites for hydroxylation is 1. The highest BCUT2D eigenvalue weighted by molar-refractivity contribution is 7.89. The average molecular weight is 384 g/mol. The molecule has 9 heteroatoms. The summed E-state index contributed by atoms with van der Waals surface area (Å²) in [5, 5.41) is 0. The maximum absolute atomic E-state index is 13.8. The first-order valence-corrected chi connectivity index (χ1v) is 9.58. The third-order valence-corrected chi connectivity index (χ3v) is 6.22. The maximum atomic E-state index is 13.8. The molecule has 0 unspecified atom stereocenters. The molecule has 0 atom stereocenters. The lowest BCUT2D eigenvalue weighted by Gasteiger charge is -2.34. The van der Waals surface area contributed by atoms with Crippen molar-refractivity contribution in [3.05, 3.63) is 54.0 Å². The number of furan rings is 1. The van der Waals surface area contributed by atoms with Crippen LogP contribution in [0.25, 0.3) is 0 Å². The van der Waals surface area contributed by atoms with E-state index in [9.17, 15) is 22.0 Å². The number of piperazine rings is 1. The molecule has 2 aromatic rings. The first kappa shape index (κ1) is 18.5. The van der Waals surface area contributed by atoms with Crippen LogP contribution in [0.2, 0.25) is 0 Å². The van der Waals surface area contributed by atoms with E-state index in [4.69, 9.17) is 4.42 Å². The molecular weight excluding hydrogens is 366 g/mol. The topological polar surface area (TPSA) is 70.8 Å². The second-order valence-corrected chi connectivity index (χ2v) is 7.79. The van der Waals surface area contributed by atoms with E-state index in [0.29, 0.717) is 12.2 Å². The molecule has 26 heavy (non-hydrogen) atoms. The SMILES string of the molecule is O=C(CCc1ccco1)N1CCN(S(=O)(=O)c2c(F)cccc2F)CC1. The second-order valence-electron chi connectivity index (χ2n) is 5.92. The van der Waals surface area contributed by atoms with E-state index in [0.717, 1.165) is 22.5 Å². The van der Waals surface area contributed by atoms with E-state index in [1.54, 1.807) is 17.0 Å². The van der Waals surface area contributed by atoms with Gasteiger partial charge in [-0.15, -0.1) is 0 Å². The Kier molecular flexibility index (Phi) is 5.38. The third-order valence-electron chi connectivity index (χ3n) is 4.27. The molecular formula is C17H18F2N2O4S. The predicted octanol–water partition coefficient (Wildman–Crippen LogP) is 2.02. The third kappa shape index (κ3) is 3.78. The van der Waals surface area contributed by atoms with Crippen molar-refractivity contribution in [3.8, 4) is 0 Å². The minimum atomic E-state index is -4.29. The van der Waals surface area contributed by atoms with E-state index < -0.39 is 26.6 Å². The minimum Gasteiger partial charge on any atom is -0.469 e. The second kappa shape index (κ2) is 7.55. The number of halogens is 2. The Morgan fingerprint density at radius 1 is 1.04 bits per heavy atom. The molecule has 6 nitrogen and oxygen atoms in total. The van der Waals surface area contributed by atoms with Crippen molar-refractivity contribution in [2.45, 2.75) is 17.7 Å². The molecule has 0 spiro atoms. The maximum Gasteiger partial charge on any atom is 0.249 e. The van der Waals surface area contributed by atoms with Gasteiger partial charge in [0.1, 0.15) is 17.4 Å². The van der Waals surface area contributed by atoms with Gasteiger partial charge in [0.15, 0.2) is 4.90 Å². The lowest BCUT2D eigenvalue weighted by atomic mass is 10.2. The summed E-state index contributed by atoms with van der Waals surface area (Å²) in [6, 6.07) is 6.44. The summed E-state index contributed by atoms with van der Waals surface area (Å²) in [5.74, 6) is -1.66. The molecule has 1 aromatic carbocycles.